The fraction of sp³-hybridized carbons (Fsp3) is 0.636. The van der Waals surface area contributed by atoms with Crippen LogP contribution >= 0.6 is 0 Å². The van der Waals surface area contributed by atoms with E-state index in [1.165, 1.54) is 0 Å². The first-order valence-electron chi connectivity index (χ1n) is 5.46. The zero-order chi connectivity index (χ0) is 12.1. The van der Waals surface area contributed by atoms with Crippen molar-refractivity contribution in [1.29, 1.82) is 0 Å². The van der Waals surface area contributed by atoms with Gasteiger partial charge in [0.2, 0.25) is 5.95 Å². The third-order valence-corrected chi connectivity index (χ3v) is 2.35. The minimum atomic E-state index is 0.342. The van der Waals surface area contributed by atoms with Gasteiger partial charge < -0.3 is 15.5 Å². The molecule has 0 aliphatic carbocycles. The van der Waals surface area contributed by atoms with Crippen LogP contribution in [0.4, 0.5) is 11.8 Å². The van der Waals surface area contributed by atoms with E-state index in [9.17, 15) is 0 Å². The van der Waals surface area contributed by atoms with E-state index < -0.39 is 0 Å². The lowest BCUT2D eigenvalue weighted by atomic mass is 10.3. The largest absolute Gasteiger partial charge is 0.368 e. The molecule has 0 aliphatic rings. The Morgan fingerprint density at radius 2 is 1.88 bits per heavy atom. The second-order valence-electron chi connectivity index (χ2n) is 4.30. The number of aromatic nitrogens is 2. The fourth-order valence-electron chi connectivity index (χ4n) is 1.51. The Hall–Kier alpha value is -1.36. The van der Waals surface area contributed by atoms with Crippen molar-refractivity contribution < 1.29 is 0 Å². The monoisotopic (exact) mass is 223 g/mol. The number of aryl methyl sites for hydroxylation is 1. The van der Waals surface area contributed by atoms with Gasteiger partial charge in [0.15, 0.2) is 0 Å². The van der Waals surface area contributed by atoms with Gasteiger partial charge in [-0.2, -0.15) is 4.98 Å². The second-order valence-corrected chi connectivity index (χ2v) is 4.30. The average Bonchev–Trinajstić information content (AvgIpc) is 2.15. The predicted molar refractivity (Wildman–Crippen MR) is 67.6 cm³/mol. The summed E-state index contributed by atoms with van der Waals surface area (Å²) in [6, 6.07) is 1.95. The standard InChI is InChI=1S/C11H21N5/c1-9-8-10(14-11(12)13-9)16(4)7-5-6-15(2)3/h8H,5-7H2,1-4H3,(H2,12,13,14). The van der Waals surface area contributed by atoms with Crippen LogP contribution in [0.5, 0.6) is 0 Å². The Morgan fingerprint density at radius 1 is 1.19 bits per heavy atom. The maximum absolute atomic E-state index is 5.62. The van der Waals surface area contributed by atoms with Gasteiger partial charge >= 0.3 is 0 Å². The number of anilines is 2. The third kappa shape index (κ3) is 4.02. The van der Waals surface area contributed by atoms with E-state index in [1.54, 1.807) is 0 Å². The summed E-state index contributed by atoms with van der Waals surface area (Å²) in [5.74, 6) is 1.23. The number of hydrogen-bond donors (Lipinski definition) is 1. The van der Waals surface area contributed by atoms with E-state index in [-0.39, 0.29) is 0 Å². The Labute approximate surface area is 97.3 Å². The van der Waals surface area contributed by atoms with Crippen molar-refractivity contribution >= 4 is 11.8 Å². The lowest BCUT2D eigenvalue weighted by molar-refractivity contribution is 0.401. The van der Waals surface area contributed by atoms with Crippen LogP contribution in [0.3, 0.4) is 0 Å². The van der Waals surface area contributed by atoms with E-state index in [1.807, 2.05) is 20.0 Å². The molecule has 0 aromatic carbocycles. The van der Waals surface area contributed by atoms with E-state index >= 15 is 0 Å². The third-order valence-electron chi connectivity index (χ3n) is 2.35. The summed E-state index contributed by atoms with van der Waals surface area (Å²) < 4.78 is 0. The molecule has 16 heavy (non-hydrogen) atoms. The molecule has 90 valence electrons. The summed E-state index contributed by atoms with van der Waals surface area (Å²) in [6.07, 6.45) is 1.10. The van der Waals surface area contributed by atoms with Crippen LogP contribution in [0.15, 0.2) is 6.07 Å². The quantitative estimate of drug-likeness (QED) is 0.798. The molecular formula is C11H21N5. The van der Waals surface area contributed by atoms with Crippen molar-refractivity contribution in [2.24, 2.45) is 0 Å². The van der Waals surface area contributed by atoms with Crippen LogP contribution < -0.4 is 10.6 Å². The molecule has 0 amide bonds. The van der Waals surface area contributed by atoms with Crippen molar-refractivity contribution in [3.05, 3.63) is 11.8 Å². The van der Waals surface area contributed by atoms with Gasteiger partial charge in [0.25, 0.3) is 0 Å². The summed E-state index contributed by atoms with van der Waals surface area (Å²) in [7, 11) is 6.18. The second kappa shape index (κ2) is 5.65. The van der Waals surface area contributed by atoms with Gasteiger partial charge in [-0.1, -0.05) is 0 Å². The number of nitrogen functional groups attached to an aromatic ring is 1. The number of rotatable bonds is 5. The first kappa shape index (κ1) is 12.7. The highest BCUT2D eigenvalue weighted by Crippen LogP contribution is 2.11. The number of nitrogens with zero attached hydrogens (tertiary/aromatic N) is 4. The van der Waals surface area contributed by atoms with Crippen molar-refractivity contribution in [2.45, 2.75) is 13.3 Å². The van der Waals surface area contributed by atoms with Crippen molar-refractivity contribution in [2.75, 3.05) is 44.9 Å². The molecule has 5 nitrogen and oxygen atoms in total. The molecule has 1 heterocycles. The number of hydrogen-bond acceptors (Lipinski definition) is 5. The molecule has 0 unspecified atom stereocenters. The van der Waals surface area contributed by atoms with Gasteiger partial charge in [0.05, 0.1) is 0 Å². The van der Waals surface area contributed by atoms with Gasteiger partial charge in [-0.05, 0) is 34.0 Å². The molecule has 0 saturated heterocycles. The highest BCUT2D eigenvalue weighted by Gasteiger charge is 2.04. The Balaban J connectivity index is 2.55. The Kier molecular flexibility index (Phi) is 4.49. The lowest BCUT2D eigenvalue weighted by Crippen LogP contribution is -2.24. The molecule has 0 bridgehead atoms. The van der Waals surface area contributed by atoms with Crippen molar-refractivity contribution in [1.82, 2.24) is 14.9 Å². The van der Waals surface area contributed by atoms with Gasteiger partial charge in [-0.25, -0.2) is 4.98 Å². The molecule has 0 saturated carbocycles. The number of nitrogens with two attached hydrogens (primary N) is 1. The molecular weight excluding hydrogens is 202 g/mol. The highest BCUT2D eigenvalue weighted by atomic mass is 15.2. The summed E-state index contributed by atoms with van der Waals surface area (Å²) in [4.78, 5) is 12.5. The first-order valence-corrected chi connectivity index (χ1v) is 5.46. The summed E-state index contributed by atoms with van der Waals surface area (Å²) in [6.45, 7) is 3.97. The molecule has 1 rings (SSSR count). The topological polar surface area (TPSA) is 58.3 Å². The lowest BCUT2D eigenvalue weighted by Gasteiger charge is -2.19. The van der Waals surface area contributed by atoms with Crippen LogP contribution in [0.2, 0.25) is 0 Å². The summed E-state index contributed by atoms with van der Waals surface area (Å²) in [5.41, 5.74) is 6.52. The molecule has 0 fully saturated rings. The minimum Gasteiger partial charge on any atom is -0.368 e. The minimum absolute atomic E-state index is 0.342. The van der Waals surface area contributed by atoms with Gasteiger partial charge in [-0.3, -0.25) is 0 Å². The van der Waals surface area contributed by atoms with Gasteiger partial charge in [0, 0.05) is 25.4 Å². The van der Waals surface area contributed by atoms with Crippen LogP contribution in [0.25, 0.3) is 0 Å². The first-order chi connectivity index (χ1) is 7.49. The average molecular weight is 223 g/mol. The van der Waals surface area contributed by atoms with E-state index in [4.69, 9.17) is 5.73 Å². The maximum Gasteiger partial charge on any atom is 0.222 e. The zero-order valence-corrected chi connectivity index (χ0v) is 10.6. The SMILES string of the molecule is Cc1cc(N(C)CCCN(C)C)nc(N)n1. The summed E-state index contributed by atoms with van der Waals surface area (Å²) in [5, 5.41) is 0. The fourth-order valence-corrected chi connectivity index (χ4v) is 1.51. The summed E-state index contributed by atoms with van der Waals surface area (Å²) >= 11 is 0. The molecule has 5 heteroatoms. The Morgan fingerprint density at radius 3 is 2.44 bits per heavy atom. The van der Waals surface area contributed by atoms with E-state index in [0.29, 0.717) is 5.95 Å². The molecule has 0 spiro atoms. The van der Waals surface area contributed by atoms with E-state index in [2.05, 4.69) is 33.9 Å². The predicted octanol–water partition coefficient (Wildman–Crippen LogP) is 0.755. The van der Waals surface area contributed by atoms with Gasteiger partial charge in [0.1, 0.15) is 5.82 Å². The van der Waals surface area contributed by atoms with E-state index in [0.717, 1.165) is 31.0 Å². The van der Waals surface area contributed by atoms with Crippen molar-refractivity contribution in [3.63, 3.8) is 0 Å². The highest BCUT2D eigenvalue weighted by molar-refractivity contribution is 5.42. The van der Waals surface area contributed by atoms with Gasteiger partial charge in [-0.15, -0.1) is 0 Å². The Bertz CT molecular complexity index is 317. The maximum atomic E-state index is 5.62. The van der Waals surface area contributed by atoms with Crippen molar-refractivity contribution in [3.8, 4) is 0 Å². The molecule has 2 N–H and O–H groups in total. The molecule has 0 aliphatic heterocycles. The molecule has 1 aromatic heterocycles. The van der Waals surface area contributed by atoms with Crippen LogP contribution in [0, 0.1) is 6.92 Å². The smallest absolute Gasteiger partial charge is 0.222 e. The normalized spacial score (nSPS) is 10.8. The van der Waals surface area contributed by atoms with Crippen LogP contribution in [0.1, 0.15) is 12.1 Å². The van der Waals surface area contributed by atoms with Crippen LogP contribution in [-0.4, -0.2) is 49.1 Å². The molecule has 1 aromatic rings. The molecule has 0 atom stereocenters. The van der Waals surface area contributed by atoms with Crippen LogP contribution in [-0.2, 0) is 0 Å². The zero-order valence-electron chi connectivity index (χ0n) is 10.6. The molecule has 0 radical (unpaired) electrons.